The lowest BCUT2D eigenvalue weighted by atomic mass is 9.87. The summed E-state index contributed by atoms with van der Waals surface area (Å²) in [4.78, 5) is 14.0. The SMILES string of the molecule is CC(C)c1ccccc1-c1cccc(-c2ccccc2C(C)C)c1OC(=O)CC(Nc1ccccc1O)c1ccccc1. The Bertz CT molecular complexity index is 1620. The zero-order valence-electron chi connectivity index (χ0n) is 25.2. The summed E-state index contributed by atoms with van der Waals surface area (Å²) in [6, 6.07) is 39.2. The van der Waals surface area contributed by atoms with Gasteiger partial charge in [-0.05, 0) is 51.8 Å². The van der Waals surface area contributed by atoms with Crippen LogP contribution >= 0.6 is 0 Å². The number of phenols is 1. The Hall–Kier alpha value is -4.83. The van der Waals surface area contributed by atoms with E-state index in [9.17, 15) is 9.90 Å². The molecular weight excluding hydrogens is 530 g/mol. The molecule has 5 rings (SSSR count). The van der Waals surface area contributed by atoms with Crippen LogP contribution in [0.1, 0.15) is 68.7 Å². The van der Waals surface area contributed by atoms with Crippen LogP contribution in [0.3, 0.4) is 0 Å². The molecule has 0 fully saturated rings. The van der Waals surface area contributed by atoms with E-state index >= 15 is 0 Å². The number of carbonyl (C=O) groups is 1. The molecule has 0 amide bonds. The van der Waals surface area contributed by atoms with Gasteiger partial charge in [-0.15, -0.1) is 0 Å². The lowest BCUT2D eigenvalue weighted by Gasteiger charge is -2.23. The Morgan fingerprint density at radius 2 is 1.12 bits per heavy atom. The van der Waals surface area contributed by atoms with E-state index in [0.717, 1.165) is 27.8 Å². The highest BCUT2D eigenvalue weighted by Crippen LogP contribution is 2.44. The van der Waals surface area contributed by atoms with E-state index in [1.807, 2.05) is 66.7 Å². The minimum Gasteiger partial charge on any atom is -0.506 e. The quantitative estimate of drug-likeness (QED) is 0.0998. The summed E-state index contributed by atoms with van der Waals surface area (Å²) in [7, 11) is 0. The van der Waals surface area contributed by atoms with Gasteiger partial charge in [0.05, 0.1) is 18.2 Å². The first-order valence-electron chi connectivity index (χ1n) is 14.9. The number of aromatic hydroxyl groups is 1. The van der Waals surface area contributed by atoms with Crippen LogP contribution in [0.25, 0.3) is 22.3 Å². The third-order valence-corrected chi connectivity index (χ3v) is 7.78. The molecule has 4 heteroatoms. The van der Waals surface area contributed by atoms with Crippen LogP contribution in [-0.2, 0) is 4.79 Å². The monoisotopic (exact) mass is 569 g/mol. The second-order valence-corrected chi connectivity index (χ2v) is 11.5. The summed E-state index contributed by atoms with van der Waals surface area (Å²) in [6.45, 7) is 8.71. The van der Waals surface area contributed by atoms with Crippen LogP contribution in [0.2, 0.25) is 0 Å². The highest BCUT2D eigenvalue weighted by molar-refractivity contribution is 5.88. The van der Waals surface area contributed by atoms with Gasteiger partial charge >= 0.3 is 5.97 Å². The zero-order chi connectivity index (χ0) is 30.3. The van der Waals surface area contributed by atoms with Crippen LogP contribution in [0, 0.1) is 0 Å². The normalized spacial score (nSPS) is 11.9. The lowest BCUT2D eigenvalue weighted by molar-refractivity contribution is -0.134. The van der Waals surface area contributed by atoms with E-state index in [1.54, 1.807) is 18.2 Å². The highest BCUT2D eigenvalue weighted by atomic mass is 16.5. The average Bonchev–Trinajstić information content (AvgIpc) is 3.02. The molecule has 0 saturated carbocycles. The lowest BCUT2D eigenvalue weighted by Crippen LogP contribution is -2.19. The molecule has 43 heavy (non-hydrogen) atoms. The molecule has 0 saturated heterocycles. The average molecular weight is 570 g/mol. The van der Waals surface area contributed by atoms with Crippen molar-refractivity contribution in [3.63, 3.8) is 0 Å². The third kappa shape index (κ3) is 6.81. The molecule has 0 heterocycles. The first-order valence-corrected chi connectivity index (χ1v) is 14.9. The van der Waals surface area contributed by atoms with Crippen molar-refractivity contribution in [2.24, 2.45) is 0 Å². The van der Waals surface area contributed by atoms with E-state index in [4.69, 9.17) is 4.74 Å². The van der Waals surface area contributed by atoms with Gasteiger partial charge in [0.2, 0.25) is 0 Å². The summed E-state index contributed by atoms with van der Waals surface area (Å²) in [5, 5.41) is 13.8. The Morgan fingerprint density at radius 1 is 0.628 bits per heavy atom. The van der Waals surface area contributed by atoms with Crippen molar-refractivity contribution in [3.8, 4) is 33.8 Å². The van der Waals surface area contributed by atoms with E-state index in [1.165, 1.54) is 11.1 Å². The van der Waals surface area contributed by atoms with E-state index in [0.29, 0.717) is 11.4 Å². The maximum Gasteiger partial charge on any atom is 0.313 e. The number of esters is 1. The molecule has 2 N–H and O–H groups in total. The molecule has 5 aromatic rings. The largest absolute Gasteiger partial charge is 0.506 e. The fraction of sp³-hybridized carbons (Fsp3) is 0.205. The number of benzene rings is 5. The number of carbonyl (C=O) groups excluding carboxylic acids is 1. The van der Waals surface area contributed by atoms with Crippen molar-refractivity contribution < 1.29 is 14.6 Å². The van der Waals surface area contributed by atoms with E-state index < -0.39 is 6.04 Å². The summed E-state index contributed by atoms with van der Waals surface area (Å²) >= 11 is 0. The van der Waals surface area contributed by atoms with Gasteiger partial charge < -0.3 is 15.2 Å². The van der Waals surface area contributed by atoms with Crippen molar-refractivity contribution >= 4 is 11.7 Å². The molecule has 1 atom stereocenters. The number of anilines is 1. The van der Waals surface area contributed by atoms with Crippen molar-refractivity contribution in [1.29, 1.82) is 0 Å². The second-order valence-electron chi connectivity index (χ2n) is 11.5. The maximum absolute atomic E-state index is 14.0. The second kappa shape index (κ2) is 13.4. The first-order chi connectivity index (χ1) is 20.8. The fourth-order valence-electron chi connectivity index (χ4n) is 5.61. The summed E-state index contributed by atoms with van der Waals surface area (Å²) in [5.74, 6) is 0.894. The number of rotatable bonds is 10. The molecule has 0 aliphatic rings. The molecule has 1 unspecified atom stereocenters. The molecular formula is C39H39NO3. The van der Waals surface area contributed by atoms with Crippen LogP contribution in [0.5, 0.6) is 11.5 Å². The van der Waals surface area contributed by atoms with Crippen molar-refractivity contribution in [2.45, 2.75) is 52.0 Å². The van der Waals surface area contributed by atoms with E-state index in [2.05, 4.69) is 69.4 Å². The van der Waals surface area contributed by atoms with E-state index in [-0.39, 0.29) is 30.0 Å². The summed E-state index contributed by atoms with van der Waals surface area (Å²) in [5.41, 5.74) is 7.74. The van der Waals surface area contributed by atoms with Crippen LogP contribution in [0.15, 0.2) is 121 Å². The molecule has 0 radical (unpaired) electrons. The molecule has 4 nitrogen and oxygen atoms in total. The molecule has 0 spiro atoms. The molecule has 0 aliphatic carbocycles. The van der Waals surface area contributed by atoms with Gasteiger partial charge in [0.25, 0.3) is 0 Å². The van der Waals surface area contributed by atoms with Gasteiger partial charge in [0.1, 0.15) is 11.5 Å². The first kappa shape index (κ1) is 29.7. The highest BCUT2D eigenvalue weighted by Gasteiger charge is 2.24. The Labute approximate surface area is 255 Å². The number of hydrogen-bond donors (Lipinski definition) is 2. The van der Waals surface area contributed by atoms with Crippen molar-refractivity contribution in [2.75, 3.05) is 5.32 Å². The predicted molar refractivity (Wildman–Crippen MR) is 177 cm³/mol. The number of phenolic OH excluding ortho intramolecular Hbond substituents is 1. The van der Waals surface area contributed by atoms with Gasteiger partial charge in [0.15, 0.2) is 0 Å². The number of hydrogen-bond acceptors (Lipinski definition) is 4. The van der Waals surface area contributed by atoms with Crippen LogP contribution in [-0.4, -0.2) is 11.1 Å². The standard InChI is InChI=1S/C39H39NO3/c1-26(2)29-17-8-10-19-31(29)33-21-14-22-34(32-20-11-9-18-30(32)27(3)4)39(33)43-38(42)25-36(28-15-6-5-7-16-28)40-35-23-12-13-24-37(35)41/h5-24,26-27,36,40-41H,25H2,1-4H3. The van der Waals surface area contributed by atoms with Crippen LogP contribution < -0.4 is 10.1 Å². The Kier molecular flexibility index (Phi) is 9.26. The van der Waals surface area contributed by atoms with Gasteiger partial charge in [-0.2, -0.15) is 0 Å². The molecule has 0 bridgehead atoms. The maximum atomic E-state index is 14.0. The minimum atomic E-state index is -0.413. The Balaban J connectivity index is 1.59. The topological polar surface area (TPSA) is 58.6 Å². The van der Waals surface area contributed by atoms with Gasteiger partial charge in [0, 0.05) is 11.1 Å². The zero-order valence-corrected chi connectivity index (χ0v) is 25.2. The van der Waals surface area contributed by atoms with Gasteiger partial charge in [-0.1, -0.05) is 137 Å². The number of para-hydroxylation sites is 3. The molecule has 218 valence electrons. The fourth-order valence-corrected chi connectivity index (χ4v) is 5.61. The van der Waals surface area contributed by atoms with Crippen LogP contribution in [0.4, 0.5) is 5.69 Å². The number of ether oxygens (including phenoxy) is 1. The summed E-state index contributed by atoms with van der Waals surface area (Å²) in [6.07, 6.45) is 0.0593. The van der Waals surface area contributed by atoms with Crippen molar-refractivity contribution in [1.82, 2.24) is 0 Å². The minimum absolute atomic E-state index is 0.0593. The number of nitrogens with one attached hydrogen (secondary N) is 1. The third-order valence-electron chi connectivity index (χ3n) is 7.78. The molecule has 0 aromatic heterocycles. The Morgan fingerprint density at radius 3 is 1.67 bits per heavy atom. The summed E-state index contributed by atoms with van der Waals surface area (Å²) < 4.78 is 6.43. The van der Waals surface area contributed by atoms with Gasteiger partial charge in [-0.25, -0.2) is 0 Å². The predicted octanol–water partition coefficient (Wildman–Crippen LogP) is 10.1. The smallest absolute Gasteiger partial charge is 0.313 e. The molecule has 0 aliphatic heterocycles. The van der Waals surface area contributed by atoms with Crippen molar-refractivity contribution in [3.05, 3.63) is 138 Å². The van der Waals surface area contributed by atoms with Gasteiger partial charge in [-0.3, -0.25) is 4.79 Å². The molecule has 5 aromatic carbocycles.